The number of Topliss-reactive ketones (excluding diaryl/α,β-unsaturated/α-hetero) is 1. The summed E-state index contributed by atoms with van der Waals surface area (Å²) in [5, 5.41) is 0. The zero-order valence-corrected chi connectivity index (χ0v) is 8.61. The van der Waals surface area contributed by atoms with Crippen LogP contribution in [0.2, 0.25) is 0 Å². The van der Waals surface area contributed by atoms with Gasteiger partial charge in [0, 0.05) is 0 Å². The highest BCUT2D eigenvalue weighted by atomic mass is 16.5. The Kier molecular flexibility index (Phi) is 2.01. The zero-order chi connectivity index (χ0) is 10.3. The number of rotatable bonds is 0. The molecule has 0 unspecified atom stereocenters. The van der Waals surface area contributed by atoms with Crippen LogP contribution in [0.4, 0.5) is 0 Å². The van der Waals surface area contributed by atoms with E-state index in [-0.39, 0.29) is 12.0 Å². The van der Waals surface area contributed by atoms with Crippen LogP contribution in [0.25, 0.3) is 0 Å². The van der Waals surface area contributed by atoms with E-state index in [0.717, 1.165) is 24.2 Å². The molecule has 15 heavy (non-hydrogen) atoms. The molecule has 0 aromatic heterocycles. The summed E-state index contributed by atoms with van der Waals surface area (Å²) in [5.41, 5.74) is 0.778. The fourth-order valence-corrected chi connectivity index (χ4v) is 2.67. The maximum atomic E-state index is 12.2. The Morgan fingerprint density at radius 3 is 2.87 bits per heavy atom. The molecule has 1 aromatic rings. The fourth-order valence-electron chi connectivity index (χ4n) is 2.67. The molecule has 0 radical (unpaired) electrons. The Morgan fingerprint density at radius 2 is 1.93 bits per heavy atom. The predicted octanol–water partition coefficient (Wildman–Crippen LogP) is 2.82. The summed E-state index contributed by atoms with van der Waals surface area (Å²) in [6.07, 6.45) is 4.53. The molecule has 3 rings (SSSR count). The van der Waals surface area contributed by atoms with E-state index in [1.165, 1.54) is 12.8 Å². The molecule has 2 aliphatic rings. The van der Waals surface area contributed by atoms with Gasteiger partial charge in [-0.15, -0.1) is 0 Å². The second-order valence-corrected chi connectivity index (χ2v) is 4.41. The first-order valence-electron chi connectivity index (χ1n) is 5.66. The van der Waals surface area contributed by atoms with Crippen molar-refractivity contribution < 1.29 is 9.53 Å². The second kappa shape index (κ2) is 3.37. The van der Waals surface area contributed by atoms with Crippen molar-refractivity contribution in [2.75, 3.05) is 0 Å². The lowest BCUT2D eigenvalue weighted by Gasteiger charge is -2.35. The molecule has 1 heterocycles. The van der Waals surface area contributed by atoms with Crippen LogP contribution in [-0.4, -0.2) is 11.9 Å². The Hall–Kier alpha value is -1.31. The van der Waals surface area contributed by atoms with Gasteiger partial charge in [0.05, 0.1) is 11.5 Å². The molecule has 2 atom stereocenters. The molecule has 0 amide bonds. The van der Waals surface area contributed by atoms with Crippen LogP contribution < -0.4 is 4.74 Å². The minimum Gasteiger partial charge on any atom is -0.489 e. The van der Waals surface area contributed by atoms with Crippen molar-refractivity contribution in [3.8, 4) is 5.75 Å². The van der Waals surface area contributed by atoms with Gasteiger partial charge in [-0.3, -0.25) is 4.79 Å². The van der Waals surface area contributed by atoms with Crippen molar-refractivity contribution in [1.29, 1.82) is 0 Å². The molecule has 1 saturated carbocycles. The topological polar surface area (TPSA) is 26.3 Å². The number of hydrogen-bond acceptors (Lipinski definition) is 2. The monoisotopic (exact) mass is 202 g/mol. The Bertz CT molecular complexity index is 397. The molecular weight excluding hydrogens is 188 g/mol. The third kappa shape index (κ3) is 1.36. The van der Waals surface area contributed by atoms with Gasteiger partial charge in [-0.05, 0) is 31.4 Å². The zero-order valence-electron chi connectivity index (χ0n) is 8.61. The van der Waals surface area contributed by atoms with Crippen molar-refractivity contribution >= 4 is 5.78 Å². The van der Waals surface area contributed by atoms with Crippen LogP contribution in [0.1, 0.15) is 36.0 Å². The smallest absolute Gasteiger partial charge is 0.173 e. The fraction of sp³-hybridized carbons (Fsp3) is 0.462. The molecule has 78 valence electrons. The standard InChI is InChI=1S/C13H14O2/c14-13-9-5-1-3-7-11(9)15-12-8-4-2-6-10(12)13/h1,3,5,7,10,12H,2,4,6,8H2/t10-,12-/m1/s1. The number of ether oxygens (including phenoxy) is 1. The lowest BCUT2D eigenvalue weighted by atomic mass is 9.79. The number of hydrogen-bond donors (Lipinski definition) is 0. The molecular formula is C13H14O2. The number of benzene rings is 1. The van der Waals surface area contributed by atoms with Gasteiger partial charge in [-0.1, -0.05) is 18.6 Å². The molecule has 0 N–H and O–H groups in total. The van der Waals surface area contributed by atoms with Gasteiger partial charge in [-0.2, -0.15) is 0 Å². The van der Waals surface area contributed by atoms with E-state index in [0.29, 0.717) is 5.78 Å². The highest BCUT2D eigenvalue weighted by molar-refractivity contribution is 6.01. The van der Waals surface area contributed by atoms with Crippen molar-refractivity contribution in [3.05, 3.63) is 29.8 Å². The minimum absolute atomic E-state index is 0.119. The quantitative estimate of drug-likeness (QED) is 0.646. The van der Waals surface area contributed by atoms with Crippen LogP contribution in [0.3, 0.4) is 0 Å². The van der Waals surface area contributed by atoms with E-state index >= 15 is 0 Å². The van der Waals surface area contributed by atoms with Gasteiger partial charge < -0.3 is 4.74 Å². The number of carbonyl (C=O) groups excluding carboxylic acids is 1. The molecule has 2 heteroatoms. The summed E-state index contributed by atoms with van der Waals surface area (Å²) < 4.78 is 5.89. The Balaban J connectivity index is 2.02. The normalized spacial score (nSPS) is 28.9. The van der Waals surface area contributed by atoms with Crippen molar-refractivity contribution in [1.82, 2.24) is 0 Å². The predicted molar refractivity (Wildman–Crippen MR) is 57.1 cm³/mol. The molecule has 1 aliphatic heterocycles. The van der Waals surface area contributed by atoms with Crippen LogP contribution in [0.15, 0.2) is 24.3 Å². The van der Waals surface area contributed by atoms with Crippen molar-refractivity contribution in [3.63, 3.8) is 0 Å². The van der Waals surface area contributed by atoms with Crippen LogP contribution >= 0.6 is 0 Å². The molecule has 0 bridgehead atoms. The van der Waals surface area contributed by atoms with Gasteiger partial charge in [0.2, 0.25) is 0 Å². The summed E-state index contributed by atoms with van der Waals surface area (Å²) >= 11 is 0. The van der Waals surface area contributed by atoms with Gasteiger partial charge in [-0.25, -0.2) is 0 Å². The Morgan fingerprint density at radius 1 is 1.13 bits per heavy atom. The molecule has 0 spiro atoms. The van der Waals surface area contributed by atoms with Crippen LogP contribution in [0.5, 0.6) is 5.75 Å². The first kappa shape index (κ1) is 8.96. The molecule has 2 nitrogen and oxygen atoms in total. The van der Waals surface area contributed by atoms with Gasteiger partial charge in [0.25, 0.3) is 0 Å². The number of para-hydroxylation sites is 1. The van der Waals surface area contributed by atoms with Crippen LogP contribution in [-0.2, 0) is 0 Å². The second-order valence-electron chi connectivity index (χ2n) is 4.41. The van der Waals surface area contributed by atoms with E-state index in [1.807, 2.05) is 24.3 Å². The van der Waals surface area contributed by atoms with E-state index in [4.69, 9.17) is 4.74 Å². The van der Waals surface area contributed by atoms with E-state index < -0.39 is 0 Å². The summed E-state index contributed by atoms with van der Waals surface area (Å²) in [5.74, 6) is 1.20. The highest BCUT2D eigenvalue weighted by Crippen LogP contribution is 2.37. The first-order chi connectivity index (χ1) is 7.36. The summed E-state index contributed by atoms with van der Waals surface area (Å²) in [6.45, 7) is 0. The SMILES string of the molecule is O=C1c2ccccc2O[C@@H]2CCCC[C@@H]12. The maximum Gasteiger partial charge on any atom is 0.173 e. The van der Waals surface area contributed by atoms with E-state index in [1.54, 1.807) is 0 Å². The van der Waals surface area contributed by atoms with Gasteiger partial charge in [0.1, 0.15) is 11.9 Å². The molecule has 1 aromatic carbocycles. The summed E-state index contributed by atoms with van der Waals surface area (Å²) in [7, 11) is 0. The molecule has 1 fully saturated rings. The lowest BCUT2D eigenvalue weighted by molar-refractivity contribution is 0.0525. The number of carbonyl (C=O) groups is 1. The van der Waals surface area contributed by atoms with E-state index in [9.17, 15) is 4.79 Å². The Labute approximate surface area is 89.2 Å². The third-order valence-electron chi connectivity index (χ3n) is 3.47. The lowest BCUT2D eigenvalue weighted by Crippen LogP contribution is -2.39. The number of fused-ring (bicyclic) bond motifs is 2. The molecule has 1 aliphatic carbocycles. The average molecular weight is 202 g/mol. The summed E-state index contributed by atoms with van der Waals surface area (Å²) in [4.78, 5) is 12.2. The number of ketones is 1. The largest absolute Gasteiger partial charge is 0.489 e. The average Bonchev–Trinajstić information content (AvgIpc) is 2.30. The maximum absolute atomic E-state index is 12.2. The first-order valence-corrected chi connectivity index (χ1v) is 5.66. The minimum atomic E-state index is 0.119. The van der Waals surface area contributed by atoms with Crippen LogP contribution in [0, 0.1) is 5.92 Å². The van der Waals surface area contributed by atoms with Gasteiger partial charge >= 0.3 is 0 Å². The van der Waals surface area contributed by atoms with Crippen molar-refractivity contribution in [2.24, 2.45) is 5.92 Å². The van der Waals surface area contributed by atoms with Gasteiger partial charge in [0.15, 0.2) is 5.78 Å². The molecule has 0 saturated heterocycles. The van der Waals surface area contributed by atoms with Crippen molar-refractivity contribution in [2.45, 2.75) is 31.8 Å². The highest BCUT2D eigenvalue weighted by Gasteiger charge is 2.38. The van der Waals surface area contributed by atoms with E-state index in [2.05, 4.69) is 0 Å². The summed E-state index contributed by atoms with van der Waals surface area (Å²) in [6, 6.07) is 7.61. The third-order valence-corrected chi connectivity index (χ3v) is 3.47.